The van der Waals surface area contributed by atoms with Crippen LogP contribution in [0, 0.1) is 33.5 Å². The van der Waals surface area contributed by atoms with Gasteiger partial charge in [-0.3, -0.25) is 4.79 Å². The second-order valence-electron chi connectivity index (χ2n) is 14.3. The second kappa shape index (κ2) is 6.37. The monoisotopic (exact) mass is 422 g/mol. The van der Waals surface area contributed by atoms with Crippen LogP contribution in [0.1, 0.15) is 105 Å². The first-order valence-electron chi connectivity index (χ1n) is 11.9. The third-order valence-electron chi connectivity index (χ3n) is 9.73. The summed E-state index contributed by atoms with van der Waals surface area (Å²) >= 11 is 0. The molecule has 0 aliphatic heterocycles. The summed E-state index contributed by atoms with van der Waals surface area (Å²) < 4.78 is 0. The fourth-order valence-electron chi connectivity index (χ4n) is 11.4. The van der Waals surface area contributed by atoms with Gasteiger partial charge >= 0.3 is 0 Å². The number of quaternary nitrogens is 1. The van der Waals surface area contributed by atoms with Gasteiger partial charge in [0.1, 0.15) is 0 Å². The molecule has 0 spiro atoms. The van der Waals surface area contributed by atoms with Gasteiger partial charge in [0.15, 0.2) is 0 Å². The molecule has 8 aliphatic carbocycles. The minimum Gasteiger partial charge on any atom is -1.00 e. The average molecular weight is 423 g/mol. The van der Waals surface area contributed by atoms with Crippen molar-refractivity contribution < 1.29 is 22.9 Å². The molecule has 0 aromatic rings. The minimum atomic E-state index is 0. The zero-order chi connectivity index (χ0) is 20.1. The van der Waals surface area contributed by atoms with E-state index in [-0.39, 0.29) is 17.9 Å². The van der Waals surface area contributed by atoms with E-state index in [0.29, 0.717) is 27.2 Å². The molecule has 8 bridgehead atoms. The lowest BCUT2D eigenvalue weighted by Gasteiger charge is -2.65. The van der Waals surface area contributed by atoms with Gasteiger partial charge in [0, 0.05) is 24.8 Å². The normalized spacial score (nSPS) is 58.2. The Bertz CT molecular complexity index is 624. The summed E-state index contributed by atoms with van der Waals surface area (Å²) in [5, 5.41) is 3.16. The van der Waals surface area contributed by atoms with Crippen molar-refractivity contribution in [2.24, 2.45) is 33.5 Å². The van der Waals surface area contributed by atoms with Gasteiger partial charge in [0.2, 0.25) is 6.41 Å². The van der Waals surface area contributed by atoms with Gasteiger partial charge in [-0.2, -0.15) is 0 Å². The van der Waals surface area contributed by atoms with E-state index in [1.54, 1.807) is 0 Å². The van der Waals surface area contributed by atoms with E-state index in [4.69, 9.17) is 0 Å². The van der Waals surface area contributed by atoms with Crippen LogP contribution >= 0.6 is 0 Å². The molecule has 0 aromatic carbocycles. The fraction of sp³-hybridized carbons (Fsp3) is 0.960. The summed E-state index contributed by atoms with van der Waals surface area (Å²) in [6, 6.07) is 0. The van der Waals surface area contributed by atoms with Crippen LogP contribution in [0.5, 0.6) is 0 Å². The highest BCUT2D eigenvalue weighted by molar-refractivity contribution is 5.48. The third-order valence-corrected chi connectivity index (χ3v) is 9.73. The van der Waals surface area contributed by atoms with Crippen LogP contribution in [-0.2, 0) is 4.79 Å². The molecule has 29 heavy (non-hydrogen) atoms. The molecule has 8 fully saturated rings. The lowest BCUT2D eigenvalue weighted by atomic mass is 9.43. The molecule has 4 N–H and O–H groups in total. The van der Waals surface area contributed by atoms with Crippen LogP contribution in [0.3, 0.4) is 0 Å². The first-order valence-corrected chi connectivity index (χ1v) is 11.9. The van der Waals surface area contributed by atoms with Gasteiger partial charge in [-0.05, 0) is 91.3 Å². The maximum atomic E-state index is 10.8. The van der Waals surface area contributed by atoms with Crippen molar-refractivity contribution in [1.29, 1.82) is 0 Å². The largest absolute Gasteiger partial charge is 1.00 e. The zero-order valence-corrected chi connectivity index (χ0v) is 20.0. The molecule has 8 saturated carbocycles. The van der Waals surface area contributed by atoms with E-state index < -0.39 is 0 Å². The highest BCUT2D eigenvalue weighted by atomic mass is 35.5. The molecule has 3 nitrogen and oxygen atoms in total. The summed E-state index contributed by atoms with van der Waals surface area (Å²) in [5.74, 6) is 1.88. The summed E-state index contributed by atoms with van der Waals surface area (Å²) in [7, 11) is 0. The standard InChI is InChI=1S/C13H21NO.C12H21N.ClH/c1-11-3-10-4-12(2,6-11)8-13(5-10,7-11)14-9-15;1-10-3-9-4-11(2,6-10)8-12(13,5-9)7-10;/h9-10H,3-8H2,1-2H3,(H,14,15);9H,3-8,13H2,1-2H3;1H. The quantitative estimate of drug-likeness (QED) is 0.650. The van der Waals surface area contributed by atoms with E-state index >= 15 is 0 Å². The molecule has 8 aliphatic rings. The first-order chi connectivity index (χ1) is 12.9. The van der Waals surface area contributed by atoms with E-state index in [9.17, 15) is 4.79 Å². The molecule has 166 valence electrons. The summed E-state index contributed by atoms with van der Waals surface area (Å²) in [6.07, 6.45) is 17.5. The van der Waals surface area contributed by atoms with E-state index in [0.717, 1.165) is 18.2 Å². The molecule has 4 heteroatoms. The molecule has 0 saturated heterocycles. The van der Waals surface area contributed by atoms with Crippen molar-refractivity contribution in [1.82, 2.24) is 5.32 Å². The smallest absolute Gasteiger partial charge is 0.207 e. The lowest BCUT2D eigenvalue weighted by molar-refractivity contribution is -0.514. The molecule has 4 atom stereocenters. The zero-order valence-electron chi connectivity index (χ0n) is 19.2. The third kappa shape index (κ3) is 3.77. The van der Waals surface area contributed by atoms with Crippen LogP contribution in [0.2, 0.25) is 0 Å². The maximum absolute atomic E-state index is 10.8. The van der Waals surface area contributed by atoms with Crippen molar-refractivity contribution in [2.45, 2.75) is 116 Å². The molecular formula is C25H43ClN2O. The number of hydrogen-bond acceptors (Lipinski definition) is 1. The Balaban J connectivity index is 0.000000138. The number of hydrogen-bond donors (Lipinski definition) is 2. The van der Waals surface area contributed by atoms with Crippen LogP contribution in [0.25, 0.3) is 0 Å². The number of rotatable bonds is 2. The Kier molecular flexibility index (Phi) is 4.82. The predicted octanol–water partition coefficient (Wildman–Crippen LogP) is 1.46. The molecule has 1 amide bonds. The van der Waals surface area contributed by atoms with Crippen LogP contribution < -0.4 is 23.5 Å². The Hall–Kier alpha value is -0.280. The van der Waals surface area contributed by atoms with Crippen molar-refractivity contribution in [2.75, 3.05) is 0 Å². The Morgan fingerprint density at radius 2 is 1.10 bits per heavy atom. The second-order valence-corrected chi connectivity index (χ2v) is 14.3. The van der Waals surface area contributed by atoms with Gasteiger partial charge < -0.3 is 23.5 Å². The molecule has 0 aromatic heterocycles. The molecular weight excluding hydrogens is 380 g/mol. The van der Waals surface area contributed by atoms with Crippen molar-refractivity contribution in [3.63, 3.8) is 0 Å². The minimum absolute atomic E-state index is 0. The predicted molar refractivity (Wildman–Crippen MR) is 112 cm³/mol. The van der Waals surface area contributed by atoms with Crippen molar-refractivity contribution >= 4 is 6.41 Å². The Labute approximate surface area is 184 Å². The SMILES string of the molecule is CC12CC3CC(C)(C1)CC(NC=O)(C3)C2.CC12CC3CC(C)(C1)CC([NH3+])(C3)C2.[Cl-]. The number of halogens is 1. The Morgan fingerprint density at radius 1 is 0.690 bits per heavy atom. The fourth-order valence-corrected chi connectivity index (χ4v) is 11.4. The summed E-state index contributed by atoms with van der Waals surface area (Å²) in [5.41, 5.74) is 7.49. The topological polar surface area (TPSA) is 56.7 Å². The maximum Gasteiger partial charge on any atom is 0.207 e. The molecule has 0 heterocycles. The molecule has 4 unspecified atom stereocenters. The number of nitrogens with one attached hydrogen (secondary N) is 1. The van der Waals surface area contributed by atoms with Crippen molar-refractivity contribution in [3.05, 3.63) is 0 Å². The van der Waals surface area contributed by atoms with Crippen molar-refractivity contribution in [3.8, 4) is 0 Å². The number of amides is 1. The number of carbonyl (C=O) groups excluding carboxylic acids is 1. The van der Waals surface area contributed by atoms with E-state index in [1.807, 2.05) is 0 Å². The van der Waals surface area contributed by atoms with Crippen LogP contribution in [-0.4, -0.2) is 17.5 Å². The first kappa shape index (κ1) is 21.9. The highest BCUT2D eigenvalue weighted by Crippen LogP contribution is 2.66. The average Bonchev–Trinajstić information content (AvgIpc) is 2.37. The van der Waals surface area contributed by atoms with Gasteiger partial charge in [0.25, 0.3) is 0 Å². The Morgan fingerprint density at radius 3 is 1.45 bits per heavy atom. The van der Waals surface area contributed by atoms with Crippen LogP contribution in [0.15, 0.2) is 0 Å². The lowest BCUT2D eigenvalue weighted by Crippen LogP contribution is -3.00. The van der Waals surface area contributed by atoms with Gasteiger partial charge in [0.05, 0.1) is 5.54 Å². The van der Waals surface area contributed by atoms with Crippen LogP contribution in [0.4, 0.5) is 0 Å². The summed E-state index contributed by atoms with van der Waals surface area (Å²) in [6.45, 7) is 9.87. The van der Waals surface area contributed by atoms with Gasteiger partial charge in [-0.25, -0.2) is 0 Å². The highest BCUT2D eigenvalue weighted by Gasteiger charge is 2.61. The summed E-state index contributed by atoms with van der Waals surface area (Å²) in [4.78, 5) is 10.8. The molecule has 0 radical (unpaired) electrons. The number of carbonyl (C=O) groups is 1. The van der Waals surface area contributed by atoms with Gasteiger partial charge in [-0.1, -0.05) is 27.7 Å². The molecule has 8 rings (SSSR count). The van der Waals surface area contributed by atoms with Gasteiger partial charge in [-0.15, -0.1) is 0 Å². The van der Waals surface area contributed by atoms with E-state index in [1.165, 1.54) is 77.0 Å². The van der Waals surface area contributed by atoms with E-state index in [2.05, 4.69) is 38.7 Å².